The van der Waals surface area contributed by atoms with E-state index in [9.17, 15) is 0 Å². The van der Waals surface area contributed by atoms with E-state index in [4.69, 9.17) is 4.99 Å². The first-order valence-corrected chi connectivity index (χ1v) is 10.5. The van der Waals surface area contributed by atoms with Gasteiger partial charge in [0, 0.05) is 38.3 Å². The van der Waals surface area contributed by atoms with Crippen molar-refractivity contribution in [3.63, 3.8) is 0 Å². The summed E-state index contributed by atoms with van der Waals surface area (Å²) in [5.41, 5.74) is 0. The van der Waals surface area contributed by atoms with Gasteiger partial charge in [0.15, 0.2) is 5.96 Å². The van der Waals surface area contributed by atoms with Gasteiger partial charge in [0.25, 0.3) is 0 Å². The van der Waals surface area contributed by atoms with Gasteiger partial charge >= 0.3 is 0 Å². The van der Waals surface area contributed by atoms with Crippen LogP contribution in [0, 0.1) is 0 Å². The van der Waals surface area contributed by atoms with Crippen molar-refractivity contribution in [1.82, 2.24) is 20.4 Å². The number of likely N-dealkylation sites (tertiary alicyclic amines) is 1. The summed E-state index contributed by atoms with van der Waals surface area (Å²) >= 11 is 0. The van der Waals surface area contributed by atoms with E-state index < -0.39 is 0 Å². The first-order chi connectivity index (χ1) is 12.1. The topological polar surface area (TPSA) is 42.9 Å². The fraction of sp³-hybridized carbons (Fsp3) is 0.950. The molecule has 0 radical (unpaired) electrons. The molecular weight excluding hydrogens is 310 g/mol. The SMILES string of the molecule is CCNC(=NCCCCN(C)C(C)C)NCCN1CCCCC1CC. The van der Waals surface area contributed by atoms with Crippen molar-refractivity contribution in [3.05, 3.63) is 0 Å². The number of unbranched alkanes of at least 4 members (excludes halogenated alkanes) is 1. The molecule has 1 aliphatic rings. The molecule has 1 saturated heterocycles. The third-order valence-corrected chi connectivity index (χ3v) is 5.33. The standard InChI is InChI=1S/C20H43N5/c1-6-19-12-8-10-16-25(19)17-14-23-20(21-7-2)22-13-9-11-15-24(5)18(3)4/h18-19H,6-17H2,1-5H3,(H2,21,22,23). The van der Waals surface area contributed by atoms with Crippen LogP contribution in [0.25, 0.3) is 0 Å². The number of rotatable bonds is 11. The van der Waals surface area contributed by atoms with Crippen LogP contribution in [0.3, 0.4) is 0 Å². The van der Waals surface area contributed by atoms with E-state index in [0.717, 1.165) is 51.1 Å². The van der Waals surface area contributed by atoms with Crippen LogP contribution in [0.1, 0.15) is 66.2 Å². The first kappa shape index (κ1) is 22.2. The number of hydrogen-bond donors (Lipinski definition) is 2. The van der Waals surface area contributed by atoms with E-state index in [-0.39, 0.29) is 0 Å². The molecule has 0 saturated carbocycles. The Morgan fingerprint density at radius 2 is 2.00 bits per heavy atom. The van der Waals surface area contributed by atoms with Gasteiger partial charge in [-0.3, -0.25) is 9.89 Å². The molecule has 2 N–H and O–H groups in total. The summed E-state index contributed by atoms with van der Waals surface area (Å²) in [5, 5.41) is 6.89. The lowest BCUT2D eigenvalue weighted by molar-refractivity contribution is 0.147. The Hall–Kier alpha value is -0.810. The van der Waals surface area contributed by atoms with Crippen LogP contribution in [0.15, 0.2) is 4.99 Å². The average Bonchev–Trinajstić information content (AvgIpc) is 2.61. The van der Waals surface area contributed by atoms with Gasteiger partial charge in [-0.2, -0.15) is 0 Å². The summed E-state index contributed by atoms with van der Waals surface area (Å²) in [6.07, 6.45) is 7.77. The molecule has 0 spiro atoms. The van der Waals surface area contributed by atoms with E-state index in [2.05, 4.69) is 55.2 Å². The summed E-state index contributed by atoms with van der Waals surface area (Å²) in [6.45, 7) is 15.3. The first-order valence-electron chi connectivity index (χ1n) is 10.5. The third kappa shape index (κ3) is 9.45. The number of nitrogens with one attached hydrogen (secondary N) is 2. The van der Waals surface area contributed by atoms with Gasteiger partial charge in [0.1, 0.15) is 0 Å². The van der Waals surface area contributed by atoms with Crippen molar-refractivity contribution in [3.8, 4) is 0 Å². The Labute approximate surface area is 156 Å². The van der Waals surface area contributed by atoms with Crippen LogP contribution in [-0.2, 0) is 0 Å². The molecule has 0 aromatic rings. The average molecular weight is 354 g/mol. The fourth-order valence-corrected chi connectivity index (χ4v) is 3.40. The number of hydrogen-bond acceptors (Lipinski definition) is 3. The van der Waals surface area contributed by atoms with E-state index in [1.54, 1.807) is 0 Å². The Balaban J connectivity index is 2.25. The van der Waals surface area contributed by atoms with Crippen LogP contribution in [0.4, 0.5) is 0 Å². The predicted octanol–water partition coefficient (Wildman–Crippen LogP) is 2.93. The maximum Gasteiger partial charge on any atom is 0.191 e. The monoisotopic (exact) mass is 353 g/mol. The molecule has 0 aliphatic carbocycles. The minimum absolute atomic E-state index is 0.629. The van der Waals surface area contributed by atoms with Crippen molar-refractivity contribution in [2.75, 3.05) is 46.3 Å². The number of aliphatic imine (C=N–C) groups is 1. The van der Waals surface area contributed by atoms with Crippen LogP contribution >= 0.6 is 0 Å². The van der Waals surface area contributed by atoms with E-state index in [0.29, 0.717) is 6.04 Å². The summed E-state index contributed by atoms with van der Waals surface area (Å²) in [4.78, 5) is 9.79. The second kappa shape index (κ2) is 13.4. The molecule has 0 bridgehead atoms. The van der Waals surface area contributed by atoms with Crippen molar-refractivity contribution >= 4 is 5.96 Å². The lowest BCUT2D eigenvalue weighted by Gasteiger charge is -2.35. The summed E-state index contributed by atoms with van der Waals surface area (Å²) in [6, 6.07) is 1.41. The van der Waals surface area contributed by atoms with Crippen molar-refractivity contribution in [2.24, 2.45) is 4.99 Å². The molecule has 1 fully saturated rings. The van der Waals surface area contributed by atoms with E-state index in [1.807, 2.05) is 0 Å². The molecule has 1 rings (SSSR count). The van der Waals surface area contributed by atoms with Crippen LogP contribution in [0.5, 0.6) is 0 Å². The summed E-state index contributed by atoms with van der Waals surface area (Å²) in [7, 11) is 2.20. The Kier molecular flexibility index (Phi) is 11.9. The predicted molar refractivity (Wildman–Crippen MR) is 110 cm³/mol. The van der Waals surface area contributed by atoms with Crippen LogP contribution in [0.2, 0.25) is 0 Å². The molecule has 1 atom stereocenters. The molecule has 25 heavy (non-hydrogen) atoms. The van der Waals surface area contributed by atoms with Gasteiger partial charge in [-0.1, -0.05) is 13.3 Å². The molecule has 0 aromatic heterocycles. The Morgan fingerprint density at radius 1 is 1.20 bits per heavy atom. The van der Waals surface area contributed by atoms with Crippen molar-refractivity contribution in [2.45, 2.75) is 78.3 Å². The molecule has 0 aromatic carbocycles. The number of piperidine rings is 1. The summed E-state index contributed by atoms with van der Waals surface area (Å²) in [5.74, 6) is 0.977. The maximum absolute atomic E-state index is 4.73. The zero-order chi connectivity index (χ0) is 18.5. The highest BCUT2D eigenvalue weighted by Crippen LogP contribution is 2.18. The molecule has 1 unspecified atom stereocenters. The van der Waals surface area contributed by atoms with Gasteiger partial charge in [-0.25, -0.2) is 0 Å². The lowest BCUT2D eigenvalue weighted by atomic mass is 10.0. The highest BCUT2D eigenvalue weighted by molar-refractivity contribution is 5.79. The minimum atomic E-state index is 0.629. The summed E-state index contributed by atoms with van der Waals surface area (Å²) < 4.78 is 0. The van der Waals surface area contributed by atoms with Crippen LogP contribution < -0.4 is 10.6 Å². The second-order valence-electron chi connectivity index (χ2n) is 7.56. The van der Waals surface area contributed by atoms with Crippen molar-refractivity contribution < 1.29 is 0 Å². The largest absolute Gasteiger partial charge is 0.357 e. The second-order valence-corrected chi connectivity index (χ2v) is 7.56. The highest BCUT2D eigenvalue weighted by atomic mass is 15.2. The number of guanidine groups is 1. The number of nitrogens with zero attached hydrogens (tertiary/aromatic N) is 3. The molecule has 1 heterocycles. The van der Waals surface area contributed by atoms with Crippen molar-refractivity contribution in [1.29, 1.82) is 0 Å². The van der Waals surface area contributed by atoms with Gasteiger partial charge in [-0.05, 0) is 73.0 Å². The minimum Gasteiger partial charge on any atom is -0.357 e. The molecular formula is C20H43N5. The van der Waals surface area contributed by atoms with E-state index in [1.165, 1.54) is 38.6 Å². The van der Waals surface area contributed by atoms with Crippen LogP contribution in [-0.4, -0.2) is 74.2 Å². The molecule has 1 aliphatic heterocycles. The fourth-order valence-electron chi connectivity index (χ4n) is 3.40. The van der Waals surface area contributed by atoms with Gasteiger partial charge in [-0.15, -0.1) is 0 Å². The molecule has 5 nitrogen and oxygen atoms in total. The quantitative estimate of drug-likeness (QED) is 0.340. The zero-order valence-electron chi connectivity index (χ0n) is 17.5. The lowest BCUT2D eigenvalue weighted by Crippen LogP contribution is -2.46. The highest BCUT2D eigenvalue weighted by Gasteiger charge is 2.19. The van der Waals surface area contributed by atoms with E-state index >= 15 is 0 Å². The van der Waals surface area contributed by atoms with Gasteiger partial charge in [0.2, 0.25) is 0 Å². The third-order valence-electron chi connectivity index (χ3n) is 5.33. The molecule has 5 heteroatoms. The van der Waals surface area contributed by atoms with Gasteiger partial charge in [0.05, 0.1) is 0 Å². The maximum atomic E-state index is 4.73. The smallest absolute Gasteiger partial charge is 0.191 e. The Morgan fingerprint density at radius 3 is 2.68 bits per heavy atom. The van der Waals surface area contributed by atoms with Gasteiger partial charge < -0.3 is 15.5 Å². The zero-order valence-corrected chi connectivity index (χ0v) is 17.5. The molecule has 0 amide bonds. The normalized spacial score (nSPS) is 19.6. The Bertz CT molecular complexity index is 356. The molecule has 148 valence electrons.